The third-order valence-electron chi connectivity index (χ3n) is 4.82. The van der Waals surface area contributed by atoms with Gasteiger partial charge in [0.1, 0.15) is 0 Å². The average Bonchev–Trinajstić information content (AvgIpc) is 2.64. The Balaban J connectivity index is 1.71. The van der Waals surface area contributed by atoms with E-state index in [0.717, 1.165) is 16.8 Å². The second-order valence-corrected chi connectivity index (χ2v) is 7.46. The molecule has 0 saturated carbocycles. The molecular formula is C20H30N4O3. The molecule has 1 fully saturated rings. The van der Waals surface area contributed by atoms with Crippen LogP contribution in [-0.2, 0) is 14.4 Å². The number of amides is 3. The van der Waals surface area contributed by atoms with Gasteiger partial charge in [0.15, 0.2) is 0 Å². The third-order valence-corrected chi connectivity index (χ3v) is 4.82. The van der Waals surface area contributed by atoms with E-state index in [0.29, 0.717) is 25.9 Å². The summed E-state index contributed by atoms with van der Waals surface area (Å²) < 4.78 is 0. The quantitative estimate of drug-likeness (QED) is 0.685. The van der Waals surface area contributed by atoms with E-state index in [-0.39, 0.29) is 36.1 Å². The summed E-state index contributed by atoms with van der Waals surface area (Å²) >= 11 is 0. The van der Waals surface area contributed by atoms with E-state index in [4.69, 9.17) is 0 Å². The number of carbonyl (C=O) groups excluding carboxylic acids is 3. The zero-order valence-corrected chi connectivity index (χ0v) is 16.6. The van der Waals surface area contributed by atoms with Crippen molar-refractivity contribution in [3.05, 3.63) is 29.3 Å². The molecule has 148 valence electrons. The molecule has 1 heterocycles. The lowest BCUT2D eigenvalue weighted by molar-refractivity contribution is -0.138. The standard InChI is InChI=1S/C20H30N4O3/c1-13(2)20(27)24-9-7-16(8-10-24)19(26)23-22-18(25)12-21-17-6-5-14(3)11-15(17)4/h5-6,11,13,16,21H,7-10,12H2,1-4H3,(H,22,25)(H,23,26). The van der Waals surface area contributed by atoms with Crippen molar-refractivity contribution in [3.63, 3.8) is 0 Å². The monoisotopic (exact) mass is 374 g/mol. The van der Waals surface area contributed by atoms with Gasteiger partial charge < -0.3 is 10.2 Å². The molecule has 0 aliphatic carbocycles. The summed E-state index contributed by atoms with van der Waals surface area (Å²) in [5.74, 6) is -0.602. The third kappa shape index (κ3) is 5.98. The molecule has 0 radical (unpaired) electrons. The van der Waals surface area contributed by atoms with Crippen LogP contribution < -0.4 is 16.2 Å². The first kappa shape index (κ1) is 20.7. The second kappa shape index (κ2) is 9.39. The molecule has 3 amide bonds. The Labute approximate surface area is 160 Å². The highest BCUT2D eigenvalue weighted by Crippen LogP contribution is 2.19. The molecule has 1 aromatic rings. The minimum absolute atomic E-state index is 0.0284. The first-order valence-electron chi connectivity index (χ1n) is 9.46. The molecule has 1 aromatic carbocycles. The number of anilines is 1. The molecule has 0 bridgehead atoms. The molecule has 1 aliphatic heterocycles. The smallest absolute Gasteiger partial charge is 0.257 e. The molecule has 0 unspecified atom stereocenters. The fraction of sp³-hybridized carbons (Fsp3) is 0.550. The summed E-state index contributed by atoms with van der Waals surface area (Å²) in [7, 11) is 0. The van der Waals surface area contributed by atoms with Gasteiger partial charge in [-0.25, -0.2) is 0 Å². The van der Waals surface area contributed by atoms with Crippen molar-refractivity contribution in [1.29, 1.82) is 0 Å². The first-order chi connectivity index (χ1) is 12.8. The van der Waals surface area contributed by atoms with Crippen molar-refractivity contribution in [3.8, 4) is 0 Å². The van der Waals surface area contributed by atoms with Crippen LogP contribution in [0, 0.1) is 25.7 Å². The first-order valence-corrected chi connectivity index (χ1v) is 9.46. The van der Waals surface area contributed by atoms with Crippen LogP contribution in [0.3, 0.4) is 0 Å². The van der Waals surface area contributed by atoms with E-state index in [1.807, 2.05) is 45.9 Å². The van der Waals surface area contributed by atoms with Crippen molar-refractivity contribution in [2.24, 2.45) is 11.8 Å². The molecular weight excluding hydrogens is 344 g/mol. The molecule has 1 aliphatic rings. The van der Waals surface area contributed by atoms with Gasteiger partial charge in [-0.1, -0.05) is 31.5 Å². The fourth-order valence-corrected chi connectivity index (χ4v) is 3.19. The van der Waals surface area contributed by atoms with E-state index in [2.05, 4.69) is 16.2 Å². The van der Waals surface area contributed by atoms with E-state index in [1.54, 1.807) is 4.90 Å². The zero-order chi connectivity index (χ0) is 20.0. The zero-order valence-electron chi connectivity index (χ0n) is 16.6. The number of hydrogen-bond acceptors (Lipinski definition) is 4. The van der Waals surface area contributed by atoms with Crippen molar-refractivity contribution >= 4 is 23.4 Å². The van der Waals surface area contributed by atoms with Crippen LogP contribution in [0.15, 0.2) is 18.2 Å². The Kier molecular flexibility index (Phi) is 7.21. The van der Waals surface area contributed by atoms with Crippen LogP contribution in [0.25, 0.3) is 0 Å². The summed E-state index contributed by atoms with van der Waals surface area (Å²) in [4.78, 5) is 38.0. The van der Waals surface area contributed by atoms with Crippen LogP contribution in [0.1, 0.15) is 37.8 Å². The van der Waals surface area contributed by atoms with Crippen LogP contribution in [0.2, 0.25) is 0 Å². The second-order valence-electron chi connectivity index (χ2n) is 7.46. The molecule has 27 heavy (non-hydrogen) atoms. The molecule has 7 nitrogen and oxygen atoms in total. The van der Waals surface area contributed by atoms with E-state index in [1.165, 1.54) is 0 Å². The van der Waals surface area contributed by atoms with Crippen molar-refractivity contribution in [2.45, 2.75) is 40.5 Å². The number of nitrogens with zero attached hydrogens (tertiary/aromatic N) is 1. The number of rotatable bonds is 5. The average molecular weight is 374 g/mol. The van der Waals surface area contributed by atoms with Crippen LogP contribution in [0.4, 0.5) is 5.69 Å². The van der Waals surface area contributed by atoms with E-state index >= 15 is 0 Å². The number of piperidine rings is 1. The highest BCUT2D eigenvalue weighted by atomic mass is 16.2. The van der Waals surface area contributed by atoms with Gasteiger partial charge in [0.25, 0.3) is 5.91 Å². The maximum Gasteiger partial charge on any atom is 0.257 e. The van der Waals surface area contributed by atoms with Gasteiger partial charge in [0.05, 0.1) is 6.54 Å². The molecule has 0 aromatic heterocycles. The Morgan fingerprint density at radius 2 is 1.78 bits per heavy atom. The van der Waals surface area contributed by atoms with Gasteiger partial charge in [-0.2, -0.15) is 0 Å². The largest absolute Gasteiger partial charge is 0.376 e. The maximum absolute atomic E-state index is 12.2. The number of carbonyl (C=O) groups is 3. The Morgan fingerprint density at radius 3 is 2.37 bits per heavy atom. The van der Waals surface area contributed by atoms with Crippen LogP contribution in [-0.4, -0.2) is 42.3 Å². The number of aryl methyl sites for hydroxylation is 2. The lowest BCUT2D eigenvalue weighted by Gasteiger charge is -2.32. The number of hydrogen-bond donors (Lipinski definition) is 3. The van der Waals surface area contributed by atoms with E-state index < -0.39 is 0 Å². The lowest BCUT2D eigenvalue weighted by Crippen LogP contribution is -2.49. The summed E-state index contributed by atoms with van der Waals surface area (Å²) in [5.41, 5.74) is 8.07. The fourth-order valence-electron chi connectivity index (χ4n) is 3.19. The van der Waals surface area contributed by atoms with Gasteiger partial charge in [0, 0.05) is 30.6 Å². The molecule has 3 N–H and O–H groups in total. The van der Waals surface area contributed by atoms with Gasteiger partial charge >= 0.3 is 0 Å². The summed E-state index contributed by atoms with van der Waals surface area (Å²) in [6.45, 7) is 8.99. The Hall–Kier alpha value is -2.57. The molecule has 0 spiro atoms. The Bertz CT molecular complexity index is 694. The Morgan fingerprint density at radius 1 is 1.11 bits per heavy atom. The summed E-state index contributed by atoms with van der Waals surface area (Å²) in [5, 5.41) is 3.06. The van der Waals surface area contributed by atoms with Gasteiger partial charge in [-0.15, -0.1) is 0 Å². The SMILES string of the molecule is Cc1ccc(NCC(=O)NNC(=O)C2CCN(C(=O)C(C)C)CC2)c(C)c1. The van der Waals surface area contributed by atoms with Gasteiger partial charge in [-0.3, -0.25) is 25.2 Å². The minimum Gasteiger partial charge on any atom is -0.376 e. The summed E-state index contributed by atoms with van der Waals surface area (Å²) in [6.07, 6.45) is 1.22. The predicted molar refractivity (Wildman–Crippen MR) is 105 cm³/mol. The van der Waals surface area contributed by atoms with Crippen molar-refractivity contribution < 1.29 is 14.4 Å². The molecule has 0 atom stereocenters. The predicted octanol–water partition coefficient (Wildman–Crippen LogP) is 1.76. The number of likely N-dealkylation sites (tertiary alicyclic amines) is 1. The number of benzene rings is 1. The van der Waals surface area contributed by atoms with Gasteiger partial charge in [0.2, 0.25) is 11.8 Å². The van der Waals surface area contributed by atoms with Crippen LogP contribution >= 0.6 is 0 Å². The van der Waals surface area contributed by atoms with Gasteiger partial charge in [-0.05, 0) is 38.3 Å². The maximum atomic E-state index is 12.2. The molecule has 1 saturated heterocycles. The van der Waals surface area contributed by atoms with Crippen molar-refractivity contribution in [2.75, 3.05) is 25.0 Å². The minimum atomic E-state index is -0.309. The molecule has 7 heteroatoms. The number of nitrogens with one attached hydrogen (secondary N) is 3. The lowest BCUT2D eigenvalue weighted by atomic mass is 9.95. The van der Waals surface area contributed by atoms with E-state index in [9.17, 15) is 14.4 Å². The normalized spacial score (nSPS) is 14.8. The van der Waals surface area contributed by atoms with Crippen LogP contribution in [0.5, 0.6) is 0 Å². The van der Waals surface area contributed by atoms with Crippen molar-refractivity contribution in [1.82, 2.24) is 15.8 Å². The molecule has 2 rings (SSSR count). The topological polar surface area (TPSA) is 90.5 Å². The number of hydrazine groups is 1. The highest BCUT2D eigenvalue weighted by molar-refractivity contribution is 5.86. The summed E-state index contributed by atoms with van der Waals surface area (Å²) in [6, 6.07) is 5.95. The highest BCUT2D eigenvalue weighted by Gasteiger charge is 2.28.